The molecular formula is C17H28N2O3S. The molecule has 0 amide bonds. The first-order valence-electron chi connectivity index (χ1n) is 8.17. The number of ether oxygens (including phenoxy) is 1. The molecule has 6 heteroatoms. The first-order chi connectivity index (χ1) is 10.9. The highest BCUT2D eigenvalue weighted by Crippen LogP contribution is 2.23. The van der Waals surface area contributed by atoms with Crippen LogP contribution in [0.4, 0.5) is 0 Å². The monoisotopic (exact) mass is 340 g/mol. The Labute approximate surface area is 140 Å². The van der Waals surface area contributed by atoms with Gasteiger partial charge in [-0.3, -0.25) is 4.90 Å². The lowest BCUT2D eigenvalue weighted by atomic mass is 10.1. The van der Waals surface area contributed by atoms with Gasteiger partial charge in [0.05, 0.1) is 4.90 Å². The first kappa shape index (κ1) is 18.4. The molecule has 0 bridgehead atoms. The third kappa shape index (κ3) is 4.32. The summed E-state index contributed by atoms with van der Waals surface area (Å²) in [6.45, 7) is 8.90. The summed E-state index contributed by atoms with van der Waals surface area (Å²) in [7, 11) is -1.70. The molecule has 5 nitrogen and oxygen atoms in total. The van der Waals surface area contributed by atoms with Gasteiger partial charge in [-0.05, 0) is 39.3 Å². The van der Waals surface area contributed by atoms with E-state index in [2.05, 4.69) is 18.7 Å². The van der Waals surface area contributed by atoms with Crippen molar-refractivity contribution in [2.24, 2.45) is 0 Å². The van der Waals surface area contributed by atoms with Crippen LogP contribution in [0.15, 0.2) is 29.2 Å². The highest BCUT2D eigenvalue weighted by Gasteiger charge is 2.35. The summed E-state index contributed by atoms with van der Waals surface area (Å²) < 4.78 is 32.4. The summed E-state index contributed by atoms with van der Waals surface area (Å²) in [6.07, 6.45) is 0.968. The number of hydrogen-bond acceptors (Lipinski definition) is 4. The minimum atomic E-state index is -3.41. The van der Waals surface area contributed by atoms with Crippen LogP contribution < -0.4 is 0 Å². The molecule has 1 aliphatic heterocycles. The van der Waals surface area contributed by atoms with Gasteiger partial charge in [0.25, 0.3) is 0 Å². The van der Waals surface area contributed by atoms with Crippen LogP contribution in [0.1, 0.15) is 25.8 Å². The van der Waals surface area contributed by atoms with Crippen LogP contribution in [0.2, 0.25) is 0 Å². The van der Waals surface area contributed by atoms with Crippen molar-refractivity contribution in [1.29, 1.82) is 0 Å². The van der Waals surface area contributed by atoms with Gasteiger partial charge in [0.2, 0.25) is 10.0 Å². The number of nitrogens with zero attached hydrogens (tertiary/aromatic N) is 2. The average molecular weight is 340 g/mol. The van der Waals surface area contributed by atoms with Gasteiger partial charge in [0.15, 0.2) is 0 Å². The Balaban J connectivity index is 2.09. The Morgan fingerprint density at radius 3 is 2.22 bits per heavy atom. The van der Waals surface area contributed by atoms with E-state index in [4.69, 9.17) is 4.74 Å². The summed E-state index contributed by atoms with van der Waals surface area (Å²) in [4.78, 5) is 2.76. The maximum atomic E-state index is 12.8. The molecule has 1 aromatic rings. The van der Waals surface area contributed by atoms with Gasteiger partial charge < -0.3 is 4.74 Å². The van der Waals surface area contributed by atoms with Crippen molar-refractivity contribution in [2.75, 3.05) is 33.4 Å². The summed E-state index contributed by atoms with van der Waals surface area (Å²) in [5.74, 6) is 0. The Morgan fingerprint density at radius 2 is 1.70 bits per heavy atom. The lowest BCUT2D eigenvalue weighted by molar-refractivity contribution is 0.0666. The number of hydrogen-bond donors (Lipinski definition) is 0. The van der Waals surface area contributed by atoms with E-state index in [1.54, 1.807) is 23.5 Å². The molecule has 130 valence electrons. The average Bonchev–Trinajstić information content (AvgIpc) is 2.50. The fourth-order valence-corrected chi connectivity index (χ4v) is 4.80. The van der Waals surface area contributed by atoms with Crippen LogP contribution in [0.5, 0.6) is 0 Å². The minimum absolute atomic E-state index is 0.204. The molecule has 0 spiro atoms. The maximum Gasteiger partial charge on any atom is 0.243 e. The Kier molecular flexibility index (Phi) is 6.19. The third-order valence-electron chi connectivity index (χ3n) is 4.49. The van der Waals surface area contributed by atoms with E-state index < -0.39 is 10.0 Å². The number of aryl methyl sites for hydroxylation is 1. The SMILES string of the molecule is COCCCN1C(C)CN(S(=O)(=O)c2ccc(C)cc2)CC1C. The van der Waals surface area contributed by atoms with Gasteiger partial charge in [0.1, 0.15) is 0 Å². The molecule has 0 N–H and O–H groups in total. The molecule has 1 saturated heterocycles. The standard InChI is InChI=1S/C17H28N2O3S/c1-14-6-8-17(9-7-14)23(20,21)18-12-15(2)19(16(3)13-18)10-5-11-22-4/h6-9,15-16H,5,10-13H2,1-4H3. The molecule has 23 heavy (non-hydrogen) atoms. The van der Waals surface area contributed by atoms with Crippen LogP contribution >= 0.6 is 0 Å². The predicted molar refractivity (Wildman–Crippen MR) is 92.1 cm³/mol. The fourth-order valence-electron chi connectivity index (χ4n) is 3.20. The molecule has 1 aliphatic rings. The van der Waals surface area contributed by atoms with Gasteiger partial charge in [0, 0.05) is 45.4 Å². The smallest absolute Gasteiger partial charge is 0.243 e. The van der Waals surface area contributed by atoms with E-state index in [1.165, 1.54) is 0 Å². The van der Waals surface area contributed by atoms with Gasteiger partial charge in [-0.2, -0.15) is 4.31 Å². The Morgan fingerprint density at radius 1 is 1.13 bits per heavy atom. The van der Waals surface area contributed by atoms with Gasteiger partial charge in [-0.15, -0.1) is 0 Å². The Hall–Kier alpha value is -0.950. The number of sulfonamides is 1. The summed E-state index contributed by atoms with van der Waals surface area (Å²) in [5, 5.41) is 0. The normalized spacial score (nSPS) is 24.0. The van der Waals surface area contributed by atoms with Crippen LogP contribution in [-0.2, 0) is 14.8 Å². The first-order valence-corrected chi connectivity index (χ1v) is 9.61. The zero-order valence-electron chi connectivity index (χ0n) is 14.5. The van der Waals surface area contributed by atoms with E-state index in [1.807, 2.05) is 19.1 Å². The molecule has 0 aromatic heterocycles. The molecule has 0 radical (unpaired) electrons. The summed E-state index contributed by atoms with van der Waals surface area (Å²) in [6, 6.07) is 7.50. The number of piperazine rings is 1. The van der Waals surface area contributed by atoms with E-state index in [0.29, 0.717) is 18.0 Å². The van der Waals surface area contributed by atoms with Crippen molar-refractivity contribution >= 4 is 10.0 Å². The highest BCUT2D eigenvalue weighted by molar-refractivity contribution is 7.89. The van der Waals surface area contributed by atoms with Gasteiger partial charge in [-0.1, -0.05) is 17.7 Å². The van der Waals surface area contributed by atoms with Crippen LogP contribution in [0, 0.1) is 6.92 Å². The number of methoxy groups -OCH3 is 1. The molecule has 1 heterocycles. The van der Waals surface area contributed by atoms with Gasteiger partial charge >= 0.3 is 0 Å². The molecule has 0 saturated carbocycles. The molecule has 1 fully saturated rings. The van der Waals surface area contributed by atoms with Gasteiger partial charge in [-0.25, -0.2) is 8.42 Å². The van der Waals surface area contributed by atoms with E-state index >= 15 is 0 Å². The largest absolute Gasteiger partial charge is 0.385 e. The third-order valence-corrected chi connectivity index (χ3v) is 6.34. The predicted octanol–water partition coefficient (Wildman–Crippen LogP) is 2.11. The van der Waals surface area contributed by atoms with Crippen LogP contribution in [0.25, 0.3) is 0 Å². The van der Waals surface area contributed by atoms with Crippen LogP contribution in [-0.4, -0.2) is 63.1 Å². The fraction of sp³-hybridized carbons (Fsp3) is 0.647. The minimum Gasteiger partial charge on any atom is -0.385 e. The van der Waals surface area contributed by atoms with Crippen molar-refractivity contribution in [2.45, 2.75) is 44.2 Å². The molecule has 0 aliphatic carbocycles. The van der Waals surface area contributed by atoms with Crippen molar-refractivity contribution < 1.29 is 13.2 Å². The Bertz CT molecular complexity index is 589. The molecular weight excluding hydrogens is 312 g/mol. The second-order valence-corrected chi connectivity index (χ2v) is 8.36. The summed E-state index contributed by atoms with van der Waals surface area (Å²) in [5.41, 5.74) is 1.06. The second kappa shape index (κ2) is 7.75. The molecule has 1 aromatic carbocycles. The maximum absolute atomic E-state index is 12.8. The van der Waals surface area contributed by atoms with Crippen molar-refractivity contribution in [3.05, 3.63) is 29.8 Å². The van der Waals surface area contributed by atoms with Crippen molar-refractivity contribution in [1.82, 2.24) is 9.21 Å². The lowest BCUT2D eigenvalue weighted by Gasteiger charge is -2.43. The lowest BCUT2D eigenvalue weighted by Crippen LogP contribution is -2.58. The van der Waals surface area contributed by atoms with Crippen molar-refractivity contribution in [3.63, 3.8) is 0 Å². The zero-order valence-corrected chi connectivity index (χ0v) is 15.3. The topological polar surface area (TPSA) is 49.9 Å². The van der Waals surface area contributed by atoms with Crippen LogP contribution in [0.3, 0.4) is 0 Å². The molecule has 2 unspecified atom stereocenters. The number of benzene rings is 1. The van der Waals surface area contributed by atoms with E-state index in [-0.39, 0.29) is 12.1 Å². The molecule has 2 atom stereocenters. The second-order valence-electron chi connectivity index (χ2n) is 6.42. The molecule has 2 rings (SSSR count). The zero-order chi connectivity index (χ0) is 17.0. The van der Waals surface area contributed by atoms with E-state index in [0.717, 1.165) is 25.1 Å². The van der Waals surface area contributed by atoms with Crippen molar-refractivity contribution in [3.8, 4) is 0 Å². The number of rotatable bonds is 6. The highest BCUT2D eigenvalue weighted by atomic mass is 32.2. The quantitative estimate of drug-likeness (QED) is 0.744. The summed E-state index contributed by atoms with van der Waals surface area (Å²) >= 11 is 0. The van der Waals surface area contributed by atoms with E-state index in [9.17, 15) is 8.42 Å².